The monoisotopic (exact) mass is 367 g/mol. The molecule has 0 unspecified atom stereocenters. The number of carbonyl (C=O) groups excluding carboxylic acids is 2. The number of amides is 1. The van der Waals surface area contributed by atoms with Crippen LogP contribution in [-0.4, -0.2) is 31.7 Å². The van der Waals surface area contributed by atoms with Crippen LogP contribution in [0.4, 0.5) is 5.69 Å². The third-order valence-electron chi connectivity index (χ3n) is 4.83. The molecule has 6 nitrogen and oxygen atoms in total. The van der Waals surface area contributed by atoms with Crippen LogP contribution in [0, 0.1) is 0 Å². The van der Waals surface area contributed by atoms with E-state index in [0.717, 1.165) is 24.8 Å². The van der Waals surface area contributed by atoms with Crippen molar-refractivity contribution in [3.63, 3.8) is 0 Å². The third kappa shape index (κ3) is 3.74. The predicted molar refractivity (Wildman–Crippen MR) is 99.0 cm³/mol. The van der Waals surface area contributed by atoms with Crippen LogP contribution in [0.5, 0.6) is 11.5 Å². The number of rotatable bonds is 5. The Balaban J connectivity index is 1.34. The van der Waals surface area contributed by atoms with E-state index in [1.165, 1.54) is 0 Å². The predicted octanol–water partition coefficient (Wildman–Crippen LogP) is 3.06. The van der Waals surface area contributed by atoms with Gasteiger partial charge < -0.3 is 19.5 Å². The fourth-order valence-electron chi connectivity index (χ4n) is 3.20. The molecule has 0 bridgehead atoms. The fraction of sp³-hybridized carbons (Fsp3) is 0.333. The molecule has 2 aromatic carbocycles. The zero-order valence-electron chi connectivity index (χ0n) is 14.9. The van der Waals surface area contributed by atoms with Crippen molar-refractivity contribution in [1.82, 2.24) is 0 Å². The molecule has 1 aliphatic carbocycles. The van der Waals surface area contributed by atoms with E-state index in [1.54, 1.807) is 18.2 Å². The molecule has 27 heavy (non-hydrogen) atoms. The summed E-state index contributed by atoms with van der Waals surface area (Å²) in [5, 5.41) is 2.73. The first-order chi connectivity index (χ1) is 13.2. The zero-order valence-corrected chi connectivity index (χ0v) is 14.9. The first-order valence-corrected chi connectivity index (χ1v) is 9.10. The van der Waals surface area contributed by atoms with Gasteiger partial charge in [0.25, 0.3) is 5.91 Å². The highest BCUT2D eigenvalue weighted by molar-refractivity contribution is 5.94. The van der Waals surface area contributed by atoms with E-state index in [0.29, 0.717) is 30.4 Å². The fourth-order valence-corrected chi connectivity index (χ4v) is 3.20. The van der Waals surface area contributed by atoms with Crippen molar-refractivity contribution < 1.29 is 23.8 Å². The zero-order chi connectivity index (χ0) is 18.7. The summed E-state index contributed by atoms with van der Waals surface area (Å²) in [5.41, 5.74) is 0.930. The smallest absolute Gasteiger partial charge is 0.317 e. The molecule has 1 amide bonds. The number of nitrogens with one attached hydrogen (secondary N) is 1. The summed E-state index contributed by atoms with van der Waals surface area (Å²) in [6.45, 7) is 0.864. The highest BCUT2D eigenvalue weighted by Gasteiger charge is 2.52. The molecule has 0 spiro atoms. The van der Waals surface area contributed by atoms with E-state index in [1.807, 2.05) is 30.3 Å². The van der Waals surface area contributed by atoms with Crippen LogP contribution in [0.15, 0.2) is 48.5 Å². The van der Waals surface area contributed by atoms with Crippen LogP contribution in [0.1, 0.15) is 24.8 Å². The molecule has 0 aromatic heterocycles. The second-order valence-corrected chi connectivity index (χ2v) is 6.78. The Morgan fingerprint density at radius 1 is 1.00 bits per heavy atom. The van der Waals surface area contributed by atoms with Gasteiger partial charge in [-0.2, -0.15) is 0 Å². The quantitative estimate of drug-likeness (QED) is 0.822. The Labute approximate surface area is 157 Å². The average Bonchev–Trinajstić information content (AvgIpc) is 3.51. The summed E-state index contributed by atoms with van der Waals surface area (Å²) in [6.07, 6.45) is 2.31. The number of benzene rings is 2. The minimum atomic E-state index is -0.587. The molecule has 2 aliphatic rings. The van der Waals surface area contributed by atoms with Gasteiger partial charge in [0.2, 0.25) is 0 Å². The molecule has 140 valence electrons. The molecule has 1 saturated carbocycles. The summed E-state index contributed by atoms with van der Waals surface area (Å²) in [7, 11) is 0. The molecular weight excluding hydrogens is 346 g/mol. The summed E-state index contributed by atoms with van der Waals surface area (Å²) < 4.78 is 16.5. The number of ether oxygens (including phenoxy) is 3. The summed E-state index contributed by atoms with van der Waals surface area (Å²) in [5.74, 6) is 0.531. The Morgan fingerprint density at radius 3 is 2.48 bits per heavy atom. The Morgan fingerprint density at radius 2 is 1.74 bits per heavy atom. The van der Waals surface area contributed by atoms with Crippen molar-refractivity contribution in [1.29, 1.82) is 0 Å². The van der Waals surface area contributed by atoms with Crippen molar-refractivity contribution in [2.45, 2.75) is 24.7 Å². The van der Waals surface area contributed by atoms with Crippen molar-refractivity contribution in [3.05, 3.63) is 54.1 Å². The third-order valence-corrected chi connectivity index (χ3v) is 4.83. The number of hydrogen-bond acceptors (Lipinski definition) is 5. The molecule has 0 atom stereocenters. The van der Waals surface area contributed by atoms with Crippen LogP contribution in [0.25, 0.3) is 0 Å². The highest BCUT2D eigenvalue weighted by atomic mass is 16.5. The molecule has 1 fully saturated rings. The first kappa shape index (κ1) is 17.4. The standard InChI is InChI=1S/C21H21NO5/c23-19(22-16-7-8-17-18(13-16)26-12-4-11-25-17)14-27-20(24)21(9-10-21)15-5-2-1-3-6-15/h1-3,5-8,13H,4,9-12,14H2,(H,22,23). The summed E-state index contributed by atoms with van der Waals surface area (Å²) >= 11 is 0. The molecule has 2 aromatic rings. The lowest BCUT2D eigenvalue weighted by Crippen LogP contribution is -2.28. The van der Waals surface area contributed by atoms with Gasteiger partial charge in [0.1, 0.15) is 0 Å². The normalized spacial score (nSPS) is 16.7. The average molecular weight is 367 g/mol. The van der Waals surface area contributed by atoms with Crippen LogP contribution in [0.2, 0.25) is 0 Å². The van der Waals surface area contributed by atoms with Crippen molar-refractivity contribution >= 4 is 17.6 Å². The number of hydrogen-bond donors (Lipinski definition) is 1. The van der Waals surface area contributed by atoms with E-state index in [4.69, 9.17) is 14.2 Å². The summed E-state index contributed by atoms with van der Waals surface area (Å²) in [6, 6.07) is 14.8. The molecule has 6 heteroatoms. The van der Waals surface area contributed by atoms with Gasteiger partial charge in [-0.3, -0.25) is 9.59 Å². The number of anilines is 1. The highest BCUT2D eigenvalue weighted by Crippen LogP contribution is 2.49. The van der Waals surface area contributed by atoms with Gasteiger partial charge in [-0.05, 0) is 30.5 Å². The Bertz CT molecular complexity index is 845. The van der Waals surface area contributed by atoms with E-state index >= 15 is 0 Å². The van der Waals surface area contributed by atoms with E-state index < -0.39 is 5.41 Å². The molecule has 4 rings (SSSR count). The number of fused-ring (bicyclic) bond motifs is 1. The minimum absolute atomic E-state index is 0.318. The largest absolute Gasteiger partial charge is 0.490 e. The Hall–Kier alpha value is -3.02. The lowest BCUT2D eigenvalue weighted by atomic mass is 9.96. The second kappa shape index (κ2) is 7.31. The van der Waals surface area contributed by atoms with Gasteiger partial charge in [-0.1, -0.05) is 30.3 Å². The number of carbonyl (C=O) groups is 2. The van der Waals surface area contributed by atoms with Gasteiger partial charge in [0.15, 0.2) is 18.1 Å². The van der Waals surface area contributed by atoms with Crippen molar-refractivity contribution in [2.24, 2.45) is 0 Å². The molecule has 0 saturated heterocycles. The maximum atomic E-state index is 12.5. The van der Waals surface area contributed by atoms with Gasteiger partial charge in [-0.25, -0.2) is 0 Å². The molecule has 0 radical (unpaired) electrons. The van der Waals surface area contributed by atoms with Crippen LogP contribution >= 0.6 is 0 Å². The van der Waals surface area contributed by atoms with Crippen LogP contribution in [0.3, 0.4) is 0 Å². The lowest BCUT2D eigenvalue weighted by Gasteiger charge is -2.15. The van der Waals surface area contributed by atoms with Gasteiger partial charge in [-0.15, -0.1) is 0 Å². The SMILES string of the molecule is O=C(COC(=O)C1(c2ccccc2)CC1)Nc1ccc2c(c1)OCCCO2. The van der Waals surface area contributed by atoms with E-state index in [9.17, 15) is 9.59 Å². The van der Waals surface area contributed by atoms with Gasteiger partial charge in [0, 0.05) is 18.2 Å². The van der Waals surface area contributed by atoms with Crippen LogP contribution in [-0.2, 0) is 19.7 Å². The van der Waals surface area contributed by atoms with E-state index in [2.05, 4.69) is 5.32 Å². The molecule has 1 heterocycles. The summed E-state index contributed by atoms with van der Waals surface area (Å²) in [4.78, 5) is 24.7. The molecule has 1 N–H and O–H groups in total. The molecular formula is C21H21NO5. The maximum absolute atomic E-state index is 12.5. The first-order valence-electron chi connectivity index (χ1n) is 9.10. The topological polar surface area (TPSA) is 73.9 Å². The van der Waals surface area contributed by atoms with E-state index in [-0.39, 0.29) is 18.5 Å². The molecule has 1 aliphatic heterocycles. The lowest BCUT2D eigenvalue weighted by molar-refractivity contribution is -0.150. The van der Waals surface area contributed by atoms with Crippen LogP contribution < -0.4 is 14.8 Å². The minimum Gasteiger partial charge on any atom is -0.490 e. The number of esters is 1. The van der Waals surface area contributed by atoms with Crippen molar-refractivity contribution in [3.8, 4) is 11.5 Å². The maximum Gasteiger partial charge on any atom is 0.317 e. The van der Waals surface area contributed by atoms with Gasteiger partial charge in [0.05, 0.1) is 18.6 Å². The Kier molecular flexibility index (Phi) is 4.71. The van der Waals surface area contributed by atoms with Gasteiger partial charge >= 0.3 is 5.97 Å². The second-order valence-electron chi connectivity index (χ2n) is 6.78. The van der Waals surface area contributed by atoms with Crippen molar-refractivity contribution in [2.75, 3.05) is 25.1 Å².